The van der Waals surface area contributed by atoms with Crippen molar-refractivity contribution in [2.45, 2.75) is 33.5 Å². The molecular weight excluding hydrogens is 368 g/mol. The van der Waals surface area contributed by atoms with Gasteiger partial charge in [-0.3, -0.25) is 14.5 Å². The van der Waals surface area contributed by atoms with Gasteiger partial charge >= 0.3 is 0 Å². The van der Waals surface area contributed by atoms with E-state index in [4.69, 9.17) is 9.47 Å². The summed E-state index contributed by atoms with van der Waals surface area (Å²) in [6.07, 6.45) is 1.73. The van der Waals surface area contributed by atoms with Crippen LogP contribution >= 0.6 is 0 Å². The van der Waals surface area contributed by atoms with Crippen LogP contribution in [0.15, 0.2) is 48.7 Å². The zero-order chi connectivity index (χ0) is 20.8. The highest BCUT2D eigenvalue weighted by Gasteiger charge is 2.18. The Morgan fingerprint density at radius 1 is 1.03 bits per heavy atom. The lowest BCUT2D eigenvalue weighted by Gasteiger charge is -2.23. The third-order valence-corrected chi connectivity index (χ3v) is 4.64. The van der Waals surface area contributed by atoms with Crippen molar-refractivity contribution in [2.24, 2.45) is 0 Å². The van der Waals surface area contributed by atoms with Gasteiger partial charge in [-0.2, -0.15) is 5.10 Å². The van der Waals surface area contributed by atoms with Gasteiger partial charge in [0, 0.05) is 18.4 Å². The molecule has 3 rings (SSSR count). The highest BCUT2D eigenvalue weighted by molar-refractivity contribution is 5.76. The number of aryl methyl sites for hydroxylation is 2. The fourth-order valence-electron chi connectivity index (χ4n) is 3.18. The van der Waals surface area contributed by atoms with Crippen LogP contribution in [-0.2, 0) is 24.4 Å². The van der Waals surface area contributed by atoms with Crippen molar-refractivity contribution in [1.82, 2.24) is 19.7 Å². The number of hydrogen-bond donors (Lipinski definition) is 0. The summed E-state index contributed by atoms with van der Waals surface area (Å²) >= 11 is 0. The first-order valence-electron chi connectivity index (χ1n) is 9.39. The minimum atomic E-state index is -0.0309. The van der Waals surface area contributed by atoms with Crippen LogP contribution < -0.4 is 9.47 Å². The Hall–Kier alpha value is -3.35. The molecule has 0 aliphatic heterocycles. The minimum absolute atomic E-state index is 0.0309. The Morgan fingerprint density at radius 2 is 1.83 bits per heavy atom. The number of hydrogen-bond acceptors (Lipinski definition) is 5. The van der Waals surface area contributed by atoms with E-state index in [0.717, 1.165) is 22.6 Å². The van der Waals surface area contributed by atoms with E-state index in [9.17, 15) is 4.79 Å². The Labute approximate surface area is 170 Å². The second-order valence-corrected chi connectivity index (χ2v) is 6.84. The predicted molar refractivity (Wildman–Crippen MR) is 110 cm³/mol. The fourth-order valence-corrected chi connectivity index (χ4v) is 3.18. The maximum absolute atomic E-state index is 13.1. The van der Waals surface area contributed by atoms with Crippen molar-refractivity contribution < 1.29 is 14.3 Å². The van der Waals surface area contributed by atoms with Crippen LogP contribution in [0.5, 0.6) is 11.5 Å². The average molecular weight is 394 g/mol. The number of methoxy groups -OCH3 is 2. The van der Waals surface area contributed by atoms with Crippen molar-refractivity contribution in [3.05, 3.63) is 71.3 Å². The summed E-state index contributed by atoms with van der Waals surface area (Å²) < 4.78 is 12.4. The summed E-state index contributed by atoms with van der Waals surface area (Å²) in [6, 6.07) is 13.3. The third-order valence-electron chi connectivity index (χ3n) is 4.64. The van der Waals surface area contributed by atoms with E-state index in [1.807, 2.05) is 56.3 Å². The van der Waals surface area contributed by atoms with Gasteiger partial charge in [0.2, 0.25) is 5.91 Å². The first kappa shape index (κ1) is 20.4. The molecular formula is C22H26N4O3. The summed E-state index contributed by atoms with van der Waals surface area (Å²) in [6.45, 7) is 4.89. The van der Waals surface area contributed by atoms with Gasteiger partial charge in [-0.1, -0.05) is 12.1 Å². The average Bonchev–Trinajstić information content (AvgIpc) is 3.04. The molecule has 2 heterocycles. The second kappa shape index (κ2) is 9.23. The molecule has 29 heavy (non-hydrogen) atoms. The molecule has 0 N–H and O–H groups in total. The van der Waals surface area contributed by atoms with Crippen molar-refractivity contribution in [1.29, 1.82) is 0 Å². The van der Waals surface area contributed by atoms with Crippen LogP contribution in [0.2, 0.25) is 0 Å². The van der Waals surface area contributed by atoms with E-state index in [0.29, 0.717) is 24.6 Å². The molecule has 0 aliphatic rings. The SMILES string of the molecule is COc1ccc(CN(Cc2ccccn2)C(=O)Cn2nc(C)cc2C)cc1OC. The maximum Gasteiger partial charge on any atom is 0.244 e. The number of nitrogens with zero attached hydrogens (tertiary/aromatic N) is 4. The molecule has 0 radical (unpaired) electrons. The molecule has 2 aromatic heterocycles. The predicted octanol–water partition coefficient (Wildman–Crippen LogP) is 3.14. The first-order valence-corrected chi connectivity index (χ1v) is 9.39. The Bertz CT molecular complexity index is 969. The van der Waals surface area contributed by atoms with Crippen LogP contribution in [0.3, 0.4) is 0 Å². The lowest BCUT2D eigenvalue weighted by atomic mass is 10.1. The molecule has 7 nitrogen and oxygen atoms in total. The minimum Gasteiger partial charge on any atom is -0.493 e. The van der Waals surface area contributed by atoms with Gasteiger partial charge in [0.25, 0.3) is 0 Å². The summed E-state index contributed by atoms with van der Waals surface area (Å²) in [5.41, 5.74) is 3.63. The molecule has 1 aromatic carbocycles. The maximum atomic E-state index is 13.1. The van der Waals surface area contributed by atoms with E-state index in [-0.39, 0.29) is 12.5 Å². The Morgan fingerprint density at radius 3 is 2.45 bits per heavy atom. The number of aromatic nitrogens is 3. The smallest absolute Gasteiger partial charge is 0.244 e. The molecule has 0 fully saturated rings. The van der Waals surface area contributed by atoms with Crippen LogP contribution in [0.1, 0.15) is 22.6 Å². The molecule has 3 aromatic rings. The van der Waals surface area contributed by atoms with E-state index >= 15 is 0 Å². The molecule has 152 valence electrons. The van der Waals surface area contributed by atoms with Crippen LogP contribution in [0, 0.1) is 13.8 Å². The normalized spacial score (nSPS) is 10.6. The van der Waals surface area contributed by atoms with Crippen LogP contribution in [0.4, 0.5) is 0 Å². The summed E-state index contributed by atoms with van der Waals surface area (Å²) in [7, 11) is 3.20. The number of amides is 1. The van der Waals surface area contributed by atoms with Gasteiger partial charge in [-0.15, -0.1) is 0 Å². The van der Waals surface area contributed by atoms with Crippen molar-refractivity contribution >= 4 is 5.91 Å². The summed E-state index contributed by atoms with van der Waals surface area (Å²) in [4.78, 5) is 19.3. The summed E-state index contributed by atoms with van der Waals surface area (Å²) in [5, 5.41) is 4.41. The van der Waals surface area contributed by atoms with Crippen LogP contribution in [-0.4, -0.2) is 39.8 Å². The highest BCUT2D eigenvalue weighted by atomic mass is 16.5. The van der Waals surface area contributed by atoms with Crippen molar-refractivity contribution in [3.63, 3.8) is 0 Å². The Balaban J connectivity index is 1.84. The lowest BCUT2D eigenvalue weighted by Crippen LogP contribution is -2.33. The van der Waals surface area contributed by atoms with Gasteiger partial charge in [0.05, 0.1) is 32.2 Å². The number of carbonyl (C=O) groups is 1. The van der Waals surface area contributed by atoms with E-state index in [1.54, 1.807) is 30.0 Å². The van der Waals surface area contributed by atoms with E-state index in [2.05, 4.69) is 10.1 Å². The largest absolute Gasteiger partial charge is 0.493 e. The second-order valence-electron chi connectivity index (χ2n) is 6.84. The van der Waals surface area contributed by atoms with Crippen molar-refractivity contribution in [2.75, 3.05) is 14.2 Å². The van der Waals surface area contributed by atoms with E-state index in [1.165, 1.54) is 0 Å². The number of rotatable bonds is 8. The highest BCUT2D eigenvalue weighted by Crippen LogP contribution is 2.28. The number of carbonyl (C=O) groups excluding carboxylic acids is 1. The van der Waals surface area contributed by atoms with Gasteiger partial charge in [-0.05, 0) is 49.7 Å². The number of pyridine rings is 1. The van der Waals surface area contributed by atoms with Crippen LogP contribution in [0.25, 0.3) is 0 Å². The standard InChI is InChI=1S/C22H26N4O3/c1-16-11-17(2)26(24-16)15-22(27)25(14-19-7-5-6-10-23-19)13-18-8-9-20(28-3)21(12-18)29-4/h5-12H,13-15H2,1-4H3. The molecule has 0 atom stereocenters. The first-order chi connectivity index (χ1) is 14.0. The monoisotopic (exact) mass is 394 g/mol. The van der Waals surface area contributed by atoms with E-state index < -0.39 is 0 Å². The number of ether oxygens (including phenoxy) is 2. The lowest BCUT2D eigenvalue weighted by molar-refractivity contribution is -0.133. The topological polar surface area (TPSA) is 69.5 Å². The molecule has 0 spiro atoms. The van der Waals surface area contributed by atoms with Gasteiger partial charge in [-0.25, -0.2) is 0 Å². The molecule has 0 saturated carbocycles. The fraction of sp³-hybridized carbons (Fsp3) is 0.318. The summed E-state index contributed by atoms with van der Waals surface area (Å²) in [5.74, 6) is 1.26. The molecule has 0 saturated heterocycles. The van der Waals surface area contributed by atoms with Gasteiger partial charge in [0.15, 0.2) is 11.5 Å². The van der Waals surface area contributed by atoms with Gasteiger partial charge < -0.3 is 14.4 Å². The van der Waals surface area contributed by atoms with Gasteiger partial charge in [0.1, 0.15) is 6.54 Å². The number of benzene rings is 1. The zero-order valence-electron chi connectivity index (χ0n) is 17.3. The quantitative estimate of drug-likeness (QED) is 0.587. The molecule has 0 unspecified atom stereocenters. The third kappa shape index (κ3) is 5.13. The molecule has 0 bridgehead atoms. The molecule has 1 amide bonds. The van der Waals surface area contributed by atoms with Crippen molar-refractivity contribution in [3.8, 4) is 11.5 Å². The molecule has 7 heteroatoms. The molecule has 0 aliphatic carbocycles. The zero-order valence-corrected chi connectivity index (χ0v) is 17.3. The Kier molecular flexibility index (Phi) is 6.49.